The zero-order valence-electron chi connectivity index (χ0n) is 12.0. The molecule has 0 amide bonds. The maximum Gasteiger partial charge on any atom is 0.371 e. The number of hydrogen-bond donors (Lipinski definition) is 3. The van der Waals surface area contributed by atoms with E-state index in [4.69, 9.17) is 4.42 Å². The van der Waals surface area contributed by atoms with Crippen molar-refractivity contribution >= 4 is 33.7 Å². The van der Waals surface area contributed by atoms with Gasteiger partial charge in [-0.05, 0) is 36.4 Å². The molecule has 0 unspecified atom stereocenters. The summed E-state index contributed by atoms with van der Waals surface area (Å²) in [5.41, 5.74) is 2.31. The normalized spacial score (nSPS) is 15.2. The lowest BCUT2D eigenvalue weighted by Crippen LogP contribution is -1.83. The van der Waals surface area contributed by atoms with Crippen LogP contribution in [0.2, 0.25) is 0 Å². The van der Waals surface area contributed by atoms with Gasteiger partial charge >= 0.3 is 11.3 Å². The fraction of sp³-hybridized carbons (Fsp3) is 0.0556. The van der Waals surface area contributed by atoms with Crippen LogP contribution in [0.5, 0.6) is 17.2 Å². The summed E-state index contributed by atoms with van der Waals surface area (Å²) in [6.07, 6.45) is 1.84. The molecule has 0 fully saturated rings. The fourth-order valence-corrected chi connectivity index (χ4v) is 3.64. The average Bonchev–Trinajstić information content (AvgIpc) is 2.90. The summed E-state index contributed by atoms with van der Waals surface area (Å²) in [4.78, 5) is 0.909. The van der Waals surface area contributed by atoms with Crippen molar-refractivity contribution in [2.45, 2.75) is 5.75 Å². The molecule has 4 nitrogen and oxygen atoms in total. The molecule has 0 saturated carbocycles. The van der Waals surface area contributed by atoms with Gasteiger partial charge in [0.25, 0.3) is 0 Å². The van der Waals surface area contributed by atoms with Crippen molar-refractivity contribution in [1.29, 1.82) is 0 Å². The largest absolute Gasteiger partial charge is 0.508 e. The highest BCUT2D eigenvalue weighted by Crippen LogP contribution is 2.44. The van der Waals surface area contributed by atoms with Crippen LogP contribution in [0.3, 0.4) is 0 Å². The van der Waals surface area contributed by atoms with E-state index in [0.717, 1.165) is 27.4 Å². The van der Waals surface area contributed by atoms with Crippen molar-refractivity contribution in [3.05, 3.63) is 59.4 Å². The van der Waals surface area contributed by atoms with Crippen molar-refractivity contribution in [3.8, 4) is 17.2 Å². The van der Waals surface area contributed by atoms with Crippen LogP contribution in [0, 0.1) is 0 Å². The summed E-state index contributed by atoms with van der Waals surface area (Å²) in [5, 5.41) is 29.8. The van der Waals surface area contributed by atoms with Gasteiger partial charge in [-0.25, -0.2) is 4.42 Å². The third-order valence-electron chi connectivity index (χ3n) is 3.74. The molecule has 4 rings (SSSR count). The van der Waals surface area contributed by atoms with E-state index in [0.29, 0.717) is 11.1 Å². The summed E-state index contributed by atoms with van der Waals surface area (Å²) < 4.78 is 5.95. The fourth-order valence-electron chi connectivity index (χ4n) is 2.60. The van der Waals surface area contributed by atoms with Gasteiger partial charge in [0.2, 0.25) is 0 Å². The summed E-state index contributed by atoms with van der Waals surface area (Å²) in [7, 11) is 0. The van der Waals surface area contributed by atoms with Crippen LogP contribution in [0.4, 0.5) is 0 Å². The minimum atomic E-state index is 0.0185. The molecule has 0 bridgehead atoms. The highest BCUT2D eigenvalue weighted by Gasteiger charge is 2.30. The molecule has 114 valence electrons. The maximum absolute atomic E-state index is 9.93. The van der Waals surface area contributed by atoms with E-state index in [-0.39, 0.29) is 17.2 Å². The Morgan fingerprint density at radius 2 is 1.74 bits per heavy atom. The Hall–Kier alpha value is -2.66. The van der Waals surface area contributed by atoms with Gasteiger partial charge in [0.15, 0.2) is 0 Å². The topological polar surface area (TPSA) is 72.0 Å². The van der Waals surface area contributed by atoms with Crippen molar-refractivity contribution in [1.82, 2.24) is 0 Å². The smallest absolute Gasteiger partial charge is 0.371 e. The van der Waals surface area contributed by atoms with E-state index >= 15 is 0 Å². The standard InChI is InChI=1S/C18H12O4S/c19-13-3-1-10(15(21)7-13)6-17-18-12(9-23-17)5-11-2-4-14(20)8-16(11)22-18/h1-8H,9H2,(H2-,19,20,21)/p+1/b17-6-. The zero-order chi connectivity index (χ0) is 16.0. The van der Waals surface area contributed by atoms with E-state index < -0.39 is 0 Å². The molecule has 0 radical (unpaired) electrons. The molecule has 1 aliphatic heterocycles. The van der Waals surface area contributed by atoms with E-state index in [1.54, 1.807) is 30.0 Å². The second-order valence-corrected chi connectivity index (χ2v) is 6.38. The van der Waals surface area contributed by atoms with Crippen LogP contribution in [-0.4, -0.2) is 15.3 Å². The van der Waals surface area contributed by atoms with Crippen molar-refractivity contribution in [3.63, 3.8) is 0 Å². The van der Waals surface area contributed by atoms with Crippen molar-refractivity contribution in [2.75, 3.05) is 0 Å². The van der Waals surface area contributed by atoms with Crippen LogP contribution < -0.4 is 0 Å². The molecule has 0 atom stereocenters. The molecule has 1 aromatic heterocycles. The first-order valence-corrected chi connectivity index (χ1v) is 8.04. The van der Waals surface area contributed by atoms with Gasteiger partial charge in [0.1, 0.15) is 22.2 Å². The lowest BCUT2D eigenvalue weighted by Gasteiger charge is -2.00. The minimum Gasteiger partial charge on any atom is -0.508 e. The predicted octanol–water partition coefficient (Wildman–Crippen LogP) is 4.58. The van der Waals surface area contributed by atoms with Gasteiger partial charge in [-0.3, -0.25) is 0 Å². The molecule has 3 aromatic rings. The Labute approximate surface area is 136 Å². The highest BCUT2D eigenvalue weighted by molar-refractivity contribution is 8.08. The average molecular weight is 325 g/mol. The molecule has 5 heteroatoms. The lowest BCUT2D eigenvalue weighted by atomic mass is 10.1. The Morgan fingerprint density at radius 1 is 0.957 bits per heavy atom. The van der Waals surface area contributed by atoms with Crippen LogP contribution in [-0.2, 0) is 5.75 Å². The first kappa shape index (κ1) is 14.0. The molecule has 2 aromatic carbocycles. The molecular weight excluding hydrogens is 312 g/mol. The van der Waals surface area contributed by atoms with Crippen LogP contribution >= 0.6 is 11.8 Å². The number of fused-ring (bicyclic) bond motifs is 2. The molecule has 3 N–H and O–H groups in total. The number of phenols is 3. The van der Waals surface area contributed by atoms with E-state index in [1.165, 1.54) is 12.1 Å². The van der Waals surface area contributed by atoms with Gasteiger partial charge in [-0.15, -0.1) is 11.8 Å². The summed E-state index contributed by atoms with van der Waals surface area (Å²) in [6, 6.07) is 11.6. The highest BCUT2D eigenvalue weighted by atomic mass is 32.2. The third kappa shape index (κ3) is 2.49. The summed E-state index contributed by atoms with van der Waals surface area (Å²) in [5.74, 6) is 1.75. The Kier molecular flexibility index (Phi) is 3.16. The lowest BCUT2D eigenvalue weighted by molar-refractivity contribution is 0.450. The molecular formula is C18H13O4S+. The van der Waals surface area contributed by atoms with Crippen LogP contribution in [0.15, 0.2) is 46.9 Å². The quantitative estimate of drug-likeness (QED) is 0.571. The van der Waals surface area contributed by atoms with Crippen molar-refractivity contribution in [2.24, 2.45) is 0 Å². The monoisotopic (exact) mass is 325 g/mol. The second kappa shape index (κ2) is 5.21. The number of aromatic hydroxyl groups is 3. The molecule has 23 heavy (non-hydrogen) atoms. The van der Waals surface area contributed by atoms with Gasteiger partial charge in [0.05, 0.1) is 17.0 Å². The summed E-state index contributed by atoms with van der Waals surface area (Å²) in [6.45, 7) is 0. The van der Waals surface area contributed by atoms with E-state index in [2.05, 4.69) is 6.07 Å². The van der Waals surface area contributed by atoms with Gasteiger partial charge in [0, 0.05) is 17.4 Å². The van der Waals surface area contributed by atoms with Crippen molar-refractivity contribution < 1.29 is 19.7 Å². The number of benzene rings is 2. The first-order chi connectivity index (χ1) is 11.1. The number of phenolic OH excluding ortho intramolecular Hbond substituents is 3. The Morgan fingerprint density at radius 3 is 2.57 bits per heavy atom. The summed E-state index contributed by atoms with van der Waals surface area (Å²) >= 11 is 1.62. The van der Waals surface area contributed by atoms with Crippen LogP contribution in [0.25, 0.3) is 22.0 Å². The molecule has 2 heterocycles. The third-order valence-corrected chi connectivity index (χ3v) is 4.81. The second-order valence-electron chi connectivity index (χ2n) is 5.36. The minimum absolute atomic E-state index is 0.0185. The first-order valence-electron chi connectivity index (χ1n) is 7.06. The van der Waals surface area contributed by atoms with Gasteiger partial charge in [-0.2, -0.15) is 0 Å². The van der Waals surface area contributed by atoms with E-state index in [1.807, 2.05) is 12.1 Å². The molecule has 0 saturated heterocycles. The van der Waals surface area contributed by atoms with Crippen LogP contribution in [0.1, 0.15) is 16.9 Å². The number of thioether (sulfide) groups is 1. The Balaban J connectivity index is 1.84. The maximum atomic E-state index is 9.93. The Bertz CT molecular complexity index is 963. The number of hydrogen-bond acceptors (Lipinski definition) is 4. The SMILES string of the molecule is Oc1ccc(/C=C2\SCc3cc4ccc(O)cc4[o+]c32)c(O)c1. The van der Waals surface area contributed by atoms with Gasteiger partial charge < -0.3 is 15.3 Å². The zero-order valence-corrected chi connectivity index (χ0v) is 12.8. The van der Waals surface area contributed by atoms with E-state index in [9.17, 15) is 15.3 Å². The molecule has 0 spiro atoms. The van der Waals surface area contributed by atoms with Gasteiger partial charge in [-0.1, -0.05) is 0 Å². The predicted molar refractivity (Wildman–Crippen MR) is 91.2 cm³/mol. The molecule has 0 aliphatic carbocycles. The number of rotatable bonds is 1. The molecule has 1 aliphatic rings.